The molecule has 0 spiro atoms. The molecule has 3 aromatic rings. The molecule has 144 valence electrons. The van der Waals surface area contributed by atoms with E-state index in [0.717, 1.165) is 26.5 Å². The van der Waals surface area contributed by atoms with Gasteiger partial charge in [-0.15, -0.1) is 11.3 Å². The molecule has 6 heteroatoms. The highest BCUT2D eigenvalue weighted by Gasteiger charge is 2.37. The molecule has 28 heavy (non-hydrogen) atoms. The van der Waals surface area contributed by atoms with Crippen molar-refractivity contribution in [3.63, 3.8) is 0 Å². The molecule has 0 N–H and O–H groups in total. The summed E-state index contributed by atoms with van der Waals surface area (Å²) in [4.78, 5) is 33.7. The molecule has 5 nitrogen and oxygen atoms in total. The number of benzene rings is 2. The van der Waals surface area contributed by atoms with Gasteiger partial charge in [0.25, 0.3) is 0 Å². The van der Waals surface area contributed by atoms with Crippen LogP contribution in [0.4, 0.5) is 5.69 Å². The van der Waals surface area contributed by atoms with Crippen LogP contribution in [0.2, 0.25) is 0 Å². The highest BCUT2D eigenvalue weighted by atomic mass is 32.1. The number of aromatic nitrogens is 1. The minimum atomic E-state index is -0.323. The van der Waals surface area contributed by atoms with Gasteiger partial charge in [0.15, 0.2) is 0 Å². The first kappa shape index (κ1) is 18.6. The van der Waals surface area contributed by atoms with Crippen molar-refractivity contribution in [2.45, 2.75) is 26.3 Å². The zero-order valence-corrected chi connectivity index (χ0v) is 17.1. The normalized spacial score (nSPS) is 17.9. The maximum absolute atomic E-state index is 13.1. The molecule has 1 aliphatic rings. The van der Waals surface area contributed by atoms with Crippen molar-refractivity contribution in [2.75, 3.05) is 18.5 Å². The molecular formula is C22H23N3O2S. The van der Waals surface area contributed by atoms with Gasteiger partial charge in [-0.25, -0.2) is 4.98 Å². The molecule has 0 aliphatic carbocycles. The standard InChI is InChI=1S/C22H23N3O2S/c1-14-8-10-17(11-9-14)25-13-16(12-20(25)26)22(27)24(3)15(2)21-23-18-6-4-5-7-19(18)28-21/h4-11,15-16H,12-13H2,1-3H3. The number of carbonyl (C=O) groups is 2. The maximum Gasteiger partial charge on any atom is 0.228 e. The maximum atomic E-state index is 13.1. The second-order valence-corrected chi connectivity index (χ2v) is 8.45. The van der Waals surface area contributed by atoms with Crippen LogP contribution in [0.1, 0.15) is 30.0 Å². The van der Waals surface area contributed by atoms with Gasteiger partial charge in [0.05, 0.1) is 22.2 Å². The number of rotatable bonds is 4. The van der Waals surface area contributed by atoms with Crippen LogP contribution in [0.15, 0.2) is 48.5 Å². The van der Waals surface area contributed by atoms with Crippen molar-refractivity contribution in [1.29, 1.82) is 0 Å². The van der Waals surface area contributed by atoms with Crippen LogP contribution in [-0.2, 0) is 9.59 Å². The molecule has 2 amide bonds. The summed E-state index contributed by atoms with van der Waals surface area (Å²) in [7, 11) is 1.80. The first-order chi connectivity index (χ1) is 13.4. The monoisotopic (exact) mass is 393 g/mol. The van der Waals surface area contributed by atoms with E-state index in [4.69, 9.17) is 0 Å². The number of amides is 2. The number of carbonyl (C=O) groups excluding carboxylic acids is 2. The van der Waals surface area contributed by atoms with Gasteiger partial charge in [-0.3, -0.25) is 9.59 Å². The van der Waals surface area contributed by atoms with Crippen LogP contribution < -0.4 is 4.90 Å². The summed E-state index contributed by atoms with van der Waals surface area (Å²) in [6, 6.07) is 15.7. The lowest BCUT2D eigenvalue weighted by Crippen LogP contribution is -2.36. The third-order valence-corrected chi connectivity index (χ3v) is 6.62. The fourth-order valence-corrected chi connectivity index (χ4v) is 4.62. The molecular weight excluding hydrogens is 370 g/mol. The number of thiazole rings is 1. The number of hydrogen-bond donors (Lipinski definition) is 0. The Kier molecular flexibility index (Phi) is 4.89. The second kappa shape index (κ2) is 7.36. The molecule has 1 fully saturated rings. The summed E-state index contributed by atoms with van der Waals surface area (Å²) in [6.45, 7) is 4.43. The summed E-state index contributed by atoms with van der Waals surface area (Å²) in [6.07, 6.45) is 0.254. The van der Waals surface area contributed by atoms with Gasteiger partial charge in [0.1, 0.15) is 5.01 Å². The Morgan fingerprint density at radius 1 is 1.21 bits per heavy atom. The third kappa shape index (κ3) is 3.40. The van der Waals surface area contributed by atoms with E-state index >= 15 is 0 Å². The quantitative estimate of drug-likeness (QED) is 0.668. The predicted octanol–water partition coefficient (Wildman–Crippen LogP) is 4.18. The van der Waals surface area contributed by atoms with E-state index in [-0.39, 0.29) is 30.2 Å². The van der Waals surface area contributed by atoms with Gasteiger partial charge < -0.3 is 9.80 Å². The lowest BCUT2D eigenvalue weighted by molar-refractivity contribution is -0.136. The molecule has 2 aromatic carbocycles. The van der Waals surface area contributed by atoms with E-state index in [1.54, 1.807) is 28.2 Å². The minimum absolute atomic E-state index is 0.00300. The van der Waals surface area contributed by atoms with Crippen molar-refractivity contribution in [3.8, 4) is 0 Å². The fourth-order valence-electron chi connectivity index (χ4n) is 3.56. The van der Waals surface area contributed by atoms with Crippen molar-refractivity contribution in [3.05, 3.63) is 59.1 Å². The summed E-state index contributed by atoms with van der Waals surface area (Å²) in [5, 5.41) is 0.914. The molecule has 0 saturated carbocycles. The van der Waals surface area contributed by atoms with E-state index in [2.05, 4.69) is 4.98 Å². The SMILES string of the molecule is Cc1ccc(N2CC(C(=O)N(C)C(C)c3nc4ccccc4s3)CC2=O)cc1. The number of para-hydroxylation sites is 1. The van der Waals surface area contributed by atoms with Gasteiger partial charge in [0, 0.05) is 25.7 Å². The van der Waals surface area contributed by atoms with Gasteiger partial charge in [-0.1, -0.05) is 29.8 Å². The Balaban J connectivity index is 1.49. The van der Waals surface area contributed by atoms with Crippen molar-refractivity contribution in [2.24, 2.45) is 5.92 Å². The molecule has 2 heterocycles. The lowest BCUT2D eigenvalue weighted by Gasteiger charge is -2.26. The van der Waals surface area contributed by atoms with Crippen LogP contribution in [0, 0.1) is 12.8 Å². The number of hydrogen-bond acceptors (Lipinski definition) is 4. The van der Waals surface area contributed by atoms with E-state index in [1.165, 1.54) is 0 Å². The molecule has 1 aromatic heterocycles. The number of fused-ring (bicyclic) bond motifs is 1. The number of nitrogens with zero attached hydrogens (tertiary/aromatic N) is 3. The first-order valence-electron chi connectivity index (χ1n) is 9.43. The highest BCUT2D eigenvalue weighted by molar-refractivity contribution is 7.18. The van der Waals surface area contributed by atoms with Crippen LogP contribution in [-0.4, -0.2) is 35.3 Å². The average Bonchev–Trinajstić information content (AvgIpc) is 3.30. The zero-order valence-electron chi connectivity index (χ0n) is 16.3. The minimum Gasteiger partial charge on any atom is -0.336 e. The first-order valence-corrected chi connectivity index (χ1v) is 10.2. The predicted molar refractivity (Wildman–Crippen MR) is 112 cm³/mol. The smallest absolute Gasteiger partial charge is 0.228 e. The Morgan fingerprint density at radius 3 is 2.64 bits per heavy atom. The fraction of sp³-hybridized carbons (Fsp3) is 0.318. The van der Waals surface area contributed by atoms with Crippen molar-refractivity contribution >= 4 is 39.1 Å². The van der Waals surface area contributed by atoms with Crippen molar-refractivity contribution < 1.29 is 9.59 Å². The molecule has 1 saturated heterocycles. The van der Waals surface area contributed by atoms with Crippen LogP contribution in [0.5, 0.6) is 0 Å². The summed E-state index contributed by atoms with van der Waals surface area (Å²) in [5.41, 5.74) is 2.96. The Hall–Kier alpha value is -2.73. The third-order valence-electron chi connectivity index (χ3n) is 5.42. The van der Waals surface area contributed by atoms with Crippen LogP contribution in [0.25, 0.3) is 10.2 Å². The second-order valence-electron chi connectivity index (χ2n) is 7.39. The largest absolute Gasteiger partial charge is 0.336 e. The molecule has 0 bridgehead atoms. The lowest BCUT2D eigenvalue weighted by atomic mass is 10.1. The number of anilines is 1. The summed E-state index contributed by atoms with van der Waals surface area (Å²) in [5.74, 6) is -0.325. The van der Waals surface area contributed by atoms with E-state index in [1.807, 2.05) is 62.4 Å². The van der Waals surface area contributed by atoms with Gasteiger partial charge in [-0.2, -0.15) is 0 Å². The summed E-state index contributed by atoms with van der Waals surface area (Å²) < 4.78 is 1.12. The average molecular weight is 394 g/mol. The highest BCUT2D eigenvalue weighted by Crippen LogP contribution is 2.32. The Labute approximate surface area is 168 Å². The van der Waals surface area contributed by atoms with Gasteiger partial charge in [-0.05, 0) is 38.1 Å². The van der Waals surface area contributed by atoms with E-state index in [9.17, 15) is 9.59 Å². The molecule has 1 aliphatic heterocycles. The summed E-state index contributed by atoms with van der Waals surface area (Å²) >= 11 is 1.61. The topological polar surface area (TPSA) is 53.5 Å². The molecule has 4 rings (SSSR count). The number of aryl methyl sites for hydroxylation is 1. The van der Waals surface area contributed by atoms with Crippen molar-refractivity contribution in [1.82, 2.24) is 9.88 Å². The molecule has 0 radical (unpaired) electrons. The van der Waals surface area contributed by atoms with Crippen LogP contribution >= 0.6 is 11.3 Å². The van der Waals surface area contributed by atoms with Crippen LogP contribution in [0.3, 0.4) is 0 Å². The molecule has 2 unspecified atom stereocenters. The zero-order chi connectivity index (χ0) is 19.8. The Bertz CT molecular complexity index is 995. The molecule has 2 atom stereocenters. The van der Waals surface area contributed by atoms with E-state index < -0.39 is 0 Å². The van der Waals surface area contributed by atoms with Gasteiger partial charge >= 0.3 is 0 Å². The van der Waals surface area contributed by atoms with Gasteiger partial charge in [0.2, 0.25) is 11.8 Å². The van der Waals surface area contributed by atoms with E-state index in [0.29, 0.717) is 6.54 Å². The Morgan fingerprint density at radius 2 is 1.93 bits per heavy atom.